The number of amides is 1. The van der Waals surface area contributed by atoms with E-state index in [2.05, 4.69) is 41.0 Å². The van der Waals surface area contributed by atoms with Gasteiger partial charge in [0, 0.05) is 11.1 Å². The lowest BCUT2D eigenvalue weighted by molar-refractivity contribution is 0.0949. The average molecular weight is 456 g/mol. The Kier molecular flexibility index (Phi) is 4.89. The highest BCUT2D eigenvalue weighted by Crippen LogP contribution is 2.31. The summed E-state index contributed by atoms with van der Waals surface area (Å²) in [5.41, 5.74) is 1.38. The number of alkyl halides is 2. The highest BCUT2D eigenvalue weighted by atomic mass is 32.1. The third kappa shape index (κ3) is 3.49. The number of nitrogens with one attached hydrogen (secondary N) is 2. The van der Waals surface area contributed by atoms with E-state index >= 15 is 0 Å². The Labute approximate surface area is 182 Å². The molecular formula is C18H14F2N10OS. The van der Waals surface area contributed by atoms with Crippen molar-refractivity contribution in [2.45, 2.75) is 19.9 Å². The number of carbonyl (C=O) groups is 1. The number of fused-ring (bicyclic) bond motifs is 1. The lowest BCUT2D eigenvalue weighted by Crippen LogP contribution is -2.24. The Morgan fingerprint density at radius 2 is 2.19 bits per heavy atom. The van der Waals surface area contributed by atoms with Gasteiger partial charge in [-0.1, -0.05) is 0 Å². The third-order valence-corrected chi connectivity index (χ3v) is 5.66. The molecule has 0 bridgehead atoms. The van der Waals surface area contributed by atoms with Crippen LogP contribution in [-0.4, -0.2) is 50.7 Å². The Morgan fingerprint density at radius 3 is 2.91 bits per heavy atom. The molecule has 2 N–H and O–H groups in total. The number of hydrogen-bond acceptors (Lipinski definition) is 8. The molecule has 162 valence electrons. The van der Waals surface area contributed by atoms with Crippen molar-refractivity contribution in [2.24, 2.45) is 0 Å². The molecule has 0 aliphatic rings. The first-order valence-corrected chi connectivity index (χ1v) is 10.1. The van der Waals surface area contributed by atoms with E-state index in [-0.39, 0.29) is 17.8 Å². The van der Waals surface area contributed by atoms with E-state index in [1.807, 2.05) is 19.1 Å². The average Bonchev–Trinajstić information content (AvgIpc) is 3.57. The minimum Gasteiger partial charge on any atom is -0.345 e. The van der Waals surface area contributed by atoms with Gasteiger partial charge in [-0.05, 0) is 35.5 Å². The molecule has 0 fully saturated rings. The number of carbonyl (C=O) groups excluding carboxylic acids is 1. The van der Waals surface area contributed by atoms with Crippen molar-refractivity contribution in [3.63, 3.8) is 0 Å². The van der Waals surface area contributed by atoms with E-state index in [9.17, 15) is 13.6 Å². The fraction of sp³-hybridized carbons (Fsp3) is 0.167. The van der Waals surface area contributed by atoms with E-state index < -0.39 is 18.2 Å². The SMILES string of the molecule is Cc1ccc(-c2cnc3c(-n4nnnc4C(F)F)cc(C(=O)NCc4ncn[nH]4)cn23)s1. The molecule has 0 saturated heterocycles. The summed E-state index contributed by atoms with van der Waals surface area (Å²) < 4.78 is 29.5. The van der Waals surface area contributed by atoms with Crippen LogP contribution in [-0.2, 0) is 6.54 Å². The molecule has 0 aliphatic carbocycles. The molecule has 5 heterocycles. The Morgan fingerprint density at radius 1 is 1.31 bits per heavy atom. The predicted octanol–water partition coefficient (Wildman–Crippen LogP) is 2.33. The summed E-state index contributed by atoms with van der Waals surface area (Å²) >= 11 is 1.55. The third-order valence-electron chi connectivity index (χ3n) is 4.64. The van der Waals surface area contributed by atoms with Gasteiger partial charge in [0.1, 0.15) is 17.8 Å². The summed E-state index contributed by atoms with van der Waals surface area (Å²) in [6, 6.07) is 5.32. The van der Waals surface area contributed by atoms with E-state index in [0.29, 0.717) is 17.2 Å². The number of H-pyrrole nitrogens is 1. The van der Waals surface area contributed by atoms with Crippen LogP contribution in [0.1, 0.15) is 33.3 Å². The summed E-state index contributed by atoms with van der Waals surface area (Å²) in [7, 11) is 0. The van der Waals surface area contributed by atoms with Gasteiger partial charge in [-0.3, -0.25) is 14.3 Å². The summed E-state index contributed by atoms with van der Waals surface area (Å²) in [6.45, 7) is 2.08. The van der Waals surface area contributed by atoms with Crippen LogP contribution in [0.4, 0.5) is 8.78 Å². The Balaban J connectivity index is 1.65. The number of halogens is 2. The molecule has 0 spiro atoms. The van der Waals surface area contributed by atoms with Gasteiger partial charge in [-0.25, -0.2) is 18.7 Å². The summed E-state index contributed by atoms with van der Waals surface area (Å²) in [5.74, 6) is -0.627. The van der Waals surface area contributed by atoms with Gasteiger partial charge in [0.05, 0.1) is 28.9 Å². The molecule has 14 heteroatoms. The normalized spacial score (nSPS) is 11.5. The topological polar surface area (TPSA) is 132 Å². The first-order valence-electron chi connectivity index (χ1n) is 9.28. The summed E-state index contributed by atoms with van der Waals surface area (Å²) in [4.78, 5) is 23.2. The summed E-state index contributed by atoms with van der Waals surface area (Å²) in [6.07, 6.45) is 1.63. The van der Waals surface area contributed by atoms with E-state index in [0.717, 1.165) is 14.4 Å². The first-order chi connectivity index (χ1) is 15.5. The maximum atomic E-state index is 13.5. The van der Waals surface area contributed by atoms with Crippen LogP contribution < -0.4 is 5.32 Å². The predicted molar refractivity (Wildman–Crippen MR) is 108 cm³/mol. The van der Waals surface area contributed by atoms with Gasteiger partial charge in [0.25, 0.3) is 12.3 Å². The standard InChI is InChI=1S/C18H14F2N10OS/c1-9-2-3-13(32-9)12-5-21-16-11(30-17(15(19)20)26-27-28-30)4-10(7-29(12)16)18(31)22-6-14-23-8-24-25-14/h2-5,7-8,15H,6H2,1H3,(H,22,31)(H,23,24,25). The van der Waals surface area contributed by atoms with Crippen LogP contribution >= 0.6 is 11.3 Å². The lowest BCUT2D eigenvalue weighted by Gasteiger charge is -2.11. The van der Waals surface area contributed by atoms with E-state index in [1.54, 1.807) is 28.1 Å². The first kappa shape index (κ1) is 19.9. The van der Waals surface area contributed by atoms with Crippen LogP contribution in [0.3, 0.4) is 0 Å². The maximum absolute atomic E-state index is 13.5. The molecule has 0 atom stereocenters. The second-order valence-corrected chi connectivity index (χ2v) is 8.01. The fourth-order valence-corrected chi connectivity index (χ4v) is 4.06. The largest absolute Gasteiger partial charge is 0.345 e. The molecule has 0 aliphatic heterocycles. The molecule has 0 aromatic carbocycles. The van der Waals surface area contributed by atoms with Gasteiger partial charge in [0.2, 0.25) is 5.82 Å². The van der Waals surface area contributed by atoms with Crippen molar-refractivity contribution in [1.82, 2.24) is 50.1 Å². The molecule has 32 heavy (non-hydrogen) atoms. The number of hydrogen-bond donors (Lipinski definition) is 2. The van der Waals surface area contributed by atoms with Crippen molar-refractivity contribution in [2.75, 3.05) is 0 Å². The van der Waals surface area contributed by atoms with Gasteiger partial charge >= 0.3 is 0 Å². The molecular weight excluding hydrogens is 442 g/mol. The van der Waals surface area contributed by atoms with Gasteiger partial charge in [-0.15, -0.1) is 16.4 Å². The van der Waals surface area contributed by atoms with Gasteiger partial charge in [0.15, 0.2) is 5.65 Å². The number of aromatic nitrogens is 9. The smallest absolute Gasteiger partial charge is 0.299 e. The molecule has 0 unspecified atom stereocenters. The van der Waals surface area contributed by atoms with Crippen molar-refractivity contribution in [3.05, 3.63) is 59.0 Å². The van der Waals surface area contributed by atoms with Gasteiger partial charge in [-0.2, -0.15) is 9.78 Å². The van der Waals surface area contributed by atoms with Crippen LogP contribution in [0.5, 0.6) is 0 Å². The fourth-order valence-electron chi connectivity index (χ4n) is 3.19. The van der Waals surface area contributed by atoms with Crippen molar-refractivity contribution in [1.29, 1.82) is 0 Å². The summed E-state index contributed by atoms with van der Waals surface area (Å²) in [5, 5.41) is 19.6. The van der Waals surface area contributed by atoms with E-state index in [1.165, 1.54) is 12.4 Å². The Hall–Kier alpha value is -4.07. The number of aryl methyl sites for hydroxylation is 1. The number of thiophene rings is 1. The molecule has 5 rings (SSSR count). The molecule has 5 aromatic rings. The van der Waals surface area contributed by atoms with Crippen molar-refractivity contribution >= 4 is 22.9 Å². The quantitative estimate of drug-likeness (QED) is 0.401. The van der Waals surface area contributed by atoms with Crippen LogP contribution in [0.15, 0.2) is 36.9 Å². The van der Waals surface area contributed by atoms with E-state index in [4.69, 9.17) is 0 Å². The lowest BCUT2D eigenvalue weighted by atomic mass is 10.2. The van der Waals surface area contributed by atoms with Crippen molar-refractivity contribution < 1.29 is 13.6 Å². The second-order valence-electron chi connectivity index (χ2n) is 6.73. The number of aromatic amines is 1. The zero-order chi connectivity index (χ0) is 22.2. The number of imidazole rings is 1. The number of pyridine rings is 1. The highest BCUT2D eigenvalue weighted by Gasteiger charge is 2.23. The molecule has 0 saturated carbocycles. The highest BCUT2D eigenvalue weighted by molar-refractivity contribution is 7.15. The molecule has 1 amide bonds. The molecule has 11 nitrogen and oxygen atoms in total. The monoisotopic (exact) mass is 456 g/mol. The molecule has 0 radical (unpaired) electrons. The van der Waals surface area contributed by atoms with Crippen molar-refractivity contribution in [3.8, 4) is 16.3 Å². The minimum absolute atomic E-state index is 0.111. The zero-order valence-electron chi connectivity index (χ0n) is 16.4. The number of nitrogens with zero attached hydrogens (tertiary/aromatic N) is 8. The second kappa shape index (κ2) is 7.88. The number of rotatable bonds is 6. The van der Waals surface area contributed by atoms with Crippen LogP contribution in [0.2, 0.25) is 0 Å². The Bertz CT molecular complexity index is 1400. The minimum atomic E-state index is -2.91. The van der Waals surface area contributed by atoms with Crippen LogP contribution in [0, 0.1) is 6.92 Å². The van der Waals surface area contributed by atoms with Gasteiger partial charge < -0.3 is 5.32 Å². The maximum Gasteiger partial charge on any atom is 0.299 e. The van der Waals surface area contributed by atoms with Crippen LogP contribution in [0.25, 0.3) is 21.9 Å². The number of tetrazole rings is 1. The molecule has 5 aromatic heterocycles. The zero-order valence-corrected chi connectivity index (χ0v) is 17.2.